The molecule has 0 aliphatic carbocycles. The second kappa shape index (κ2) is 12.7. The van der Waals surface area contributed by atoms with Gasteiger partial charge in [0, 0.05) is 49.4 Å². The van der Waals surface area contributed by atoms with Crippen LogP contribution in [0.1, 0.15) is 29.5 Å². The molecule has 9 heteroatoms. The van der Waals surface area contributed by atoms with Crippen molar-refractivity contribution in [2.24, 2.45) is 5.92 Å². The molecule has 0 unspecified atom stereocenters. The molecule has 1 amide bonds. The fourth-order valence-corrected chi connectivity index (χ4v) is 4.91. The molecule has 2 saturated heterocycles. The smallest absolute Gasteiger partial charge is 0.414 e. The van der Waals surface area contributed by atoms with Gasteiger partial charge in [0.1, 0.15) is 0 Å². The number of carbonyl (C=O) groups is 3. The summed E-state index contributed by atoms with van der Waals surface area (Å²) >= 11 is 6.31. The summed E-state index contributed by atoms with van der Waals surface area (Å²) in [6, 6.07) is 14.5. The van der Waals surface area contributed by atoms with Gasteiger partial charge in [0.05, 0.1) is 0 Å². The number of halogens is 1. The number of nitrogens with zero attached hydrogens (tertiary/aromatic N) is 3. The van der Waals surface area contributed by atoms with Crippen molar-refractivity contribution in [2.45, 2.75) is 33.2 Å². The van der Waals surface area contributed by atoms with Crippen LogP contribution in [0.4, 0.5) is 5.69 Å². The highest BCUT2D eigenvalue weighted by molar-refractivity contribution is 6.31. The van der Waals surface area contributed by atoms with E-state index in [2.05, 4.69) is 52.8 Å². The minimum atomic E-state index is -1.82. The Bertz CT molecular complexity index is 1060. The van der Waals surface area contributed by atoms with Gasteiger partial charge in [-0.05, 0) is 68.6 Å². The van der Waals surface area contributed by atoms with E-state index in [1.165, 1.54) is 22.4 Å². The van der Waals surface area contributed by atoms with Crippen molar-refractivity contribution in [3.63, 3.8) is 0 Å². The fraction of sp³-hybridized carbons (Fsp3) is 0.444. The molecule has 8 nitrogen and oxygen atoms in total. The Morgan fingerprint density at radius 3 is 2.06 bits per heavy atom. The van der Waals surface area contributed by atoms with Crippen molar-refractivity contribution < 1.29 is 24.6 Å². The van der Waals surface area contributed by atoms with Crippen LogP contribution in [0.25, 0.3) is 0 Å². The number of aryl methyl sites for hydroxylation is 1. The van der Waals surface area contributed by atoms with E-state index in [-0.39, 0.29) is 5.92 Å². The van der Waals surface area contributed by atoms with Crippen LogP contribution in [-0.2, 0) is 20.9 Å². The number of rotatable bonds is 4. The van der Waals surface area contributed by atoms with Gasteiger partial charge in [0.25, 0.3) is 0 Å². The van der Waals surface area contributed by atoms with Gasteiger partial charge in [0.15, 0.2) is 0 Å². The molecule has 2 aliphatic heterocycles. The monoisotopic (exact) mass is 515 g/mol. The van der Waals surface area contributed by atoms with Gasteiger partial charge in [-0.3, -0.25) is 9.69 Å². The number of hydrogen-bond acceptors (Lipinski definition) is 5. The van der Waals surface area contributed by atoms with Crippen LogP contribution in [0, 0.1) is 19.8 Å². The summed E-state index contributed by atoms with van der Waals surface area (Å²) in [5.41, 5.74) is 5.17. The number of carboxylic acids is 2. The van der Waals surface area contributed by atoms with Gasteiger partial charge >= 0.3 is 11.9 Å². The summed E-state index contributed by atoms with van der Waals surface area (Å²) in [7, 11) is 0. The van der Waals surface area contributed by atoms with E-state index in [0.29, 0.717) is 5.91 Å². The van der Waals surface area contributed by atoms with Crippen LogP contribution < -0.4 is 4.90 Å². The topological polar surface area (TPSA) is 101 Å². The molecule has 2 heterocycles. The van der Waals surface area contributed by atoms with Gasteiger partial charge in [-0.2, -0.15) is 0 Å². The third-order valence-electron chi connectivity index (χ3n) is 6.98. The first-order chi connectivity index (χ1) is 17.2. The van der Waals surface area contributed by atoms with Crippen LogP contribution in [0.15, 0.2) is 42.5 Å². The first-order valence-electron chi connectivity index (χ1n) is 12.2. The Balaban J connectivity index is 0.000000538. The number of piperidine rings is 1. The SMILES string of the molecule is Cc1cccc(N2CCN(C(=O)C3CCN(Cc4ccccc4Cl)CC3)CC2)c1C.O=C(O)C(=O)O. The third kappa shape index (κ3) is 7.21. The lowest BCUT2D eigenvalue weighted by atomic mass is 9.94. The molecule has 2 aliphatic rings. The zero-order valence-electron chi connectivity index (χ0n) is 20.8. The van der Waals surface area contributed by atoms with Crippen LogP contribution in [0.3, 0.4) is 0 Å². The van der Waals surface area contributed by atoms with Crippen LogP contribution >= 0.6 is 11.6 Å². The first-order valence-corrected chi connectivity index (χ1v) is 12.6. The van der Waals surface area contributed by atoms with Gasteiger partial charge in [-0.25, -0.2) is 9.59 Å². The standard InChI is InChI=1S/C25H32ClN3O.C2H2O4/c1-19-6-5-9-24(20(19)2)28-14-16-29(17-15-28)25(30)21-10-12-27(13-11-21)18-22-7-3-4-8-23(22)26;3-1(4)2(5)6/h3-9,21H,10-18H2,1-2H3;(H,3,4)(H,5,6). The minimum absolute atomic E-state index is 0.166. The molecule has 194 valence electrons. The molecular weight excluding hydrogens is 482 g/mol. The highest BCUT2D eigenvalue weighted by Crippen LogP contribution is 2.26. The number of likely N-dealkylation sites (tertiary alicyclic amines) is 1. The summed E-state index contributed by atoms with van der Waals surface area (Å²) in [6.45, 7) is 10.6. The number of benzene rings is 2. The zero-order valence-corrected chi connectivity index (χ0v) is 21.6. The molecule has 4 rings (SSSR count). The molecular formula is C27H34ClN3O5. The summed E-state index contributed by atoms with van der Waals surface area (Å²) < 4.78 is 0. The molecule has 2 N–H and O–H groups in total. The average Bonchev–Trinajstić information content (AvgIpc) is 2.87. The molecule has 2 fully saturated rings. The lowest BCUT2D eigenvalue weighted by Crippen LogP contribution is -2.51. The number of hydrogen-bond donors (Lipinski definition) is 2. The Morgan fingerprint density at radius 1 is 0.861 bits per heavy atom. The van der Waals surface area contributed by atoms with Crippen LogP contribution in [-0.4, -0.2) is 77.1 Å². The largest absolute Gasteiger partial charge is 0.473 e. The van der Waals surface area contributed by atoms with Gasteiger partial charge < -0.3 is 20.0 Å². The van der Waals surface area contributed by atoms with E-state index >= 15 is 0 Å². The second-order valence-electron chi connectivity index (χ2n) is 9.28. The summed E-state index contributed by atoms with van der Waals surface area (Å²) in [5, 5.41) is 15.6. The van der Waals surface area contributed by atoms with Gasteiger partial charge in [-0.15, -0.1) is 0 Å². The Hall–Kier alpha value is -3.10. The van der Waals surface area contributed by atoms with Gasteiger partial charge in [0.2, 0.25) is 5.91 Å². The van der Waals surface area contributed by atoms with E-state index in [9.17, 15) is 4.79 Å². The molecule has 0 bridgehead atoms. The second-order valence-corrected chi connectivity index (χ2v) is 9.69. The van der Waals surface area contributed by atoms with E-state index < -0.39 is 11.9 Å². The number of carboxylic acid groups (broad SMARTS) is 2. The molecule has 2 aromatic rings. The fourth-order valence-electron chi connectivity index (χ4n) is 4.71. The van der Waals surface area contributed by atoms with Crippen LogP contribution in [0.2, 0.25) is 5.02 Å². The van der Waals surface area contributed by atoms with Crippen molar-refractivity contribution in [1.29, 1.82) is 0 Å². The van der Waals surface area contributed by atoms with Gasteiger partial charge in [-0.1, -0.05) is 41.9 Å². The van der Waals surface area contributed by atoms with E-state index in [4.69, 9.17) is 31.4 Å². The summed E-state index contributed by atoms with van der Waals surface area (Å²) in [6.07, 6.45) is 1.89. The molecule has 0 saturated carbocycles. The highest BCUT2D eigenvalue weighted by atomic mass is 35.5. The zero-order chi connectivity index (χ0) is 26.2. The number of amides is 1. The molecule has 2 aromatic carbocycles. The predicted molar refractivity (Wildman–Crippen MR) is 139 cm³/mol. The summed E-state index contributed by atoms with van der Waals surface area (Å²) in [4.78, 5) is 38.2. The minimum Gasteiger partial charge on any atom is -0.473 e. The van der Waals surface area contributed by atoms with Crippen molar-refractivity contribution in [3.05, 3.63) is 64.2 Å². The molecule has 0 atom stereocenters. The quantitative estimate of drug-likeness (QED) is 0.599. The van der Waals surface area contributed by atoms with Crippen molar-refractivity contribution in [3.8, 4) is 0 Å². The highest BCUT2D eigenvalue weighted by Gasteiger charge is 2.30. The lowest BCUT2D eigenvalue weighted by molar-refractivity contribution is -0.159. The maximum atomic E-state index is 13.1. The Kier molecular flexibility index (Phi) is 9.73. The van der Waals surface area contributed by atoms with Crippen LogP contribution in [0.5, 0.6) is 0 Å². The Labute approximate surface area is 217 Å². The summed E-state index contributed by atoms with van der Waals surface area (Å²) in [5.74, 6) is -3.13. The van der Waals surface area contributed by atoms with Crippen molar-refractivity contribution in [2.75, 3.05) is 44.2 Å². The Morgan fingerprint density at radius 2 is 1.47 bits per heavy atom. The molecule has 0 radical (unpaired) electrons. The van der Waals surface area contributed by atoms with Crippen molar-refractivity contribution >= 4 is 35.1 Å². The van der Waals surface area contributed by atoms with E-state index in [0.717, 1.165) is 63.7 Å². The number of piperazine rings is 1. The molecule has 0 aromatic heterocycles. The lowest BCUT2D eigenvalue weighted by Gasteiger charge is -2.40. The normalized spacial score (nSPS) is 16.8. The first kappa shape index (κ1) is 27.5. The molecule has 0 spiro atoms. The maximum absolute atomic E-state index is 13.1. The average molecular weight is 516 g/mol. The number of aliphatic carboxylic acids is 2. The number of anilines is 1. The van der Waals surface area contributed by atoms with E-state index in [1.54, 1.807) is 0 Å². The van der Waals surface area contributed by atoms with E-state index in [1.807, 2.05) is 18.2 Å². The third-order valence-corrected chi connectivity index (χ3v) is 7.35. The molecule has 36 heavy (non-hydrogen) atoms. The predicted octanol–water partition coefficient (Wildman–Crippen LogP) is 3.67. The number of carbonyl (C=O) groups excluding carboxylic acids is 1. The van der Waals surface area contributed by atoms with Crippen molar-refractivity contribution in [1.82, 2.24) is 9.80 Å². The maximum Gasteiger partial charge on any atom is 0.414 e.